The molecule has 0 fully saturated rings. The van der Waals surface area contributed by atoms with Crippen LogP contribution in [-0.2, 0) is 20.4 Å². The Hall–Kier alpha value is -2.08. The molecule has 0 saturated carbocycles. The van der Waals surface area contributed by atoms with Gasteiger partial charge in [0.2, 0.25) is 0 Å². The molecule has 1 heterocycles. The number of nitrogens with zero attached hydrogens (tertiary/aromatic N) is 1. The van der Waals surface area contributed by atoms with Crippen LogP contribution in [0.2, 0.25) is 0 Å². The van der Waals surface area contributed by atoms with Crippen LogP contribution >= 0.6 is 11.8 Å². The van der Waals surface area contributed by atoms with Crippen LogP contribution in [0.15, 0.2) is 39.8 Å². The number of ether oxygens (including phenoxy) is 1. The van der Waals surface area contributed by atoms with E-state index in [1.807, 2.05) is 6.92 Å². The number of hydroxylamine groups is 1. The van der Waals surface area contributed by atoms with E-state index in [4.69, 9.17) is 14.5 Å². The molecule has 1 unspecified atom stereocenters. The molecule has 1 aromatic heterocycles. The molecule has 0 aliphatic heterocycles. The molecule has 11 heteroatoms. The van der Waals surface area contributed by atoms with Gasteiger partial charge in [0, 0.05) is 17.6 Å². The van der Waals surface area contributed by atoms with Gasteiger partial charge in [-0.2, -0.15) is 11.8 Å². The number of rotatable bonds is 12. The Morgan fingerprint density at radius 3 is 2.60 bits per heavy atom. The molecule has 0 saturated heterocycles. The number of amides is 1. The number of aryl methyl sites for hydroxylation is 1. The van der Waals surface area contributed by atoms with E-state index in [-0.39, 0.29) is 10.6 Å². The average molecular weight is 459 g/mol. The first-order chi connectivity index (χ1) is 14.2. The number of benzene rings is 1. The van der Waals surface area contributed by atoms with Gasteiger partial charge in [0.15, 0.2) is 15.4 Å². The van der Waals surface area contributed by atoms with E-state index in [2.05, 4.69) is 5.16 Å². The molecule has 0 radical (unpaired) electrons. The Balaban J connectivity index is 2.08. The fraction of sp³-hybridized carbons (Fsp3) is 0.474. The van der Waals surface area contributed by atoms with E-state index in [9.17, 15) is 18.3 Å². The van der Waals surface area contributed by atoms with Crippen LogP contribution in [0.4, 0.5) is 0 Å². The van der Waals surface area contributed by atoms with E-state index in [1.54, 1.807) is 13.0 Å². The minimum atomic E-state index is -4.03. The van der Waals surface area contributed by atoms with Gasteiger partial charge in [-0.15, -0.1) is 0 Å². The van der Waals surface area contributed by atoms with Gasteiger partial charge >= 0.3 is 0 Å². The average Bonchev–Trinajstić information content (AvgIpc) is 3.12. The monoisotopic (exact) mass is 458 g/mol. The molecule has 0 bridgehead atoms. The first kappa shape index (κ1) is 24.2. The molecular weight excluding hydrogens is 432 g/mol. The van der Waals surface area contributed by atoms with Crippen LogP contribution in [0.5, 0.6) is 5.75 Å². The molecule has 0 spiro atoms. The van der Waals surface area contributed by atoms with Crippen LogP contribution in [0, 0.1) is 6.92 Å². The smallest absolute Gasteiger partial charge is 0.277 e. The zero-order valence-corrected chi connectivity index (χ0v) is 18.5. The van der Waals surface area contributed by atoms with Gasteiger partial charge in [0.1, 0.15) is 11.5 Å². The highest BCUT2D eigenvalue weighted by Gasteiger charge is 2.41. The van der Waals surface area contributed by atoms with Gasteiger partial charge in [-0.1, -0.05) is 18.5 Å². The number of carbonyl (C=O) groups excluding carboxylic acids is 1. The van der Waals surface area contributed by atoms with Crippen LogP contribution in [0.1, 0.15) is 31.2 Å². The maximum atomic E-state index is 12.8. The minimum absolute atomic E-state index is 0.0633. The molecule has 2 rings (SSSR count). The van der Waals surface area contributed by atoms with Gasteiger partial charge < -0.3 is 14.4 Å². The van der Waals surface area contributed by atoms with E-state index < -0.39 is 27.1 Å². The Morgan fingerprint density at radius 1 is 1.33 bits per heavy atom. The van der Waals surface area contributed by atoms with Crippen molar-refractivity contribution in [1.82, 2.24) is 10.6 Å². The van der Waals surface area contributed by atoms with Crippen molar-refractivity contribution >= 4 is 27.5 Å². The summed E-state index contributed by atoms with van der Waals surface area (Å²) in [4.78, 5) is 12.0. The Morgan fingerprint density at radius 2 is 2.03 bits per heavy atom. The zero-order valence-electron chi connectivity index (χ0n) is 16.8. The first-order valence-electron chi connectivity index (χ1n) is 9.32. The van der Waals surface area contributed by atoms with Crippen molar-refractivity contribution in [3.8, 4) is 5.75 Å². The lowest BCUT2D eigenvalue weighted by Gasteiger charge is -2.25. The molecule has 166 valence electrons. The van der Waals surface area contributed by atoms with Crippen molar-refractivity contribution in [2.75, 3.05) is 18.1 Å². The molecule has 3 N–H and O–H groups in total. The lowest BCUT2D eigenvalue weighted by Crippen LogP contribution is -2.52. The fourth-order valence-electron chi connectivity index (χ4n) is 2.56. The topological polar surface area (TPSA) is 139 Å². The van der Waals surface area contributed by atoms with E-state index in [1.165, 1.54) is 29.7 Å². The predicted octanol–water partition coefficient (Wildman–Crippen LogP) is 2.11. The number of hydrogen-bond donors (Lipinski definition) is 3. The Kier molecular flexibility index (Phi) is 8.71. The molecule has 30 heavy (non-hydrogen) atoms. The lowest BCUT2D eigenvalue weighted by atomic mass is 10.1. The van der Waals surface area contributed by atoms with Gasteiger partial charge in [-0.25, -0.2) is 13.9 Å². The number of hydrogen-bond acceptors (Lipinski definition) is 9. The maximum absolute atomic E-state index is 12.8. The molecule has 1 aromatic carbocycles. The summed E-state index contributed by atoms with van der Waals surface area (Å²) >= 11 is 1.09. The SMILES string of the molecule is CCCCOc1ccc(S(=O)(=O)CC(O)(CSCc2cc(C)on2)C(=O)NO)cc1. The highest BCUT2D eigenvalue weighted by atomic mass is 32.2. The van der Waals surface area contributed by atoms with Crippen molar-refractivity contribution in [1.29, 1.82) is 0 Å². The number of aromatic nitrogens is 1. The minimum Gasteiger partial charge on any atom is -0.494 e. The molecule has 1 atom stereocenters. The summed E-state index contributed by atoms with van der Waals surface area (Å²) in [5.41, 5.74) is -0.402. The van der Waals surface area contributed by atoms with E-state index in [0.717, 1.165) is 24.6 Å². The van der Waals surface area contributed by atoms with Gasteiger partial charge in [-0.3, -0.25) is 10.0 Å². The second-order valence-corrected chi connectivity index (χ2v) is 9.80. The predicted molar refractivity (Wildman–Crippen MR) is 111 cm³/mol. The normalized spacial score (nSPS) is 13.6. The highest BCUT2D eigenvalue weighted by Crippen LogP contribution is 2.24. The van der Waals surface area contributed by atoms with Gasteiger partial charge in [0.25, 0.3) is 5.91 Å². The molecule has 9 nitrogen and oxygen atoms in total. The summed E-state index contributed by atoms with van der Waals surface area (Å²) < 4.78 is 36.0. The van der Waals surface area contributed by atoms with Crippen molar-refractivity contribution < 1.29 is 32.8 Å². The van der Waals surface area contributed by atoms with Crippen LogP contribution < -0.4 is 10.2 Å². The molecular formula is C19H26N2O7S2. The highest BCUT2D eigenvalue weighted by molar-refractivity contribution is 7.98. The van der Waals surface area contributed by atoms with E-state index in [0.29, 0.717) is 29.6 Å². The maximum Gasteiger partial charge on any atom is 0.277 e. The van der Waals surface area contributed by atoms with Gasteiger partial charge in [-0.05, 0) is 37.6 Å². The third-order valence-electron chi connectivity index (χ3n) is 4.17. The molecule has 2 aromatic rings. The standard InChI is InChI=1S/C19H26N2O7S2/c1-3-4-9-27-16-5-7-17(8-6-16)30(25,26)13-19(23,18(22)20-24)12-29-11-15-10-14(2)28-21-15/h5-8,10,23-24H,3-4,9,11-13H2,1-2H3,(H,20,22). The first-order valence-corrected chi connectivity index (χ1v) is 12.1. The third-order valence-corrected chi connectivity index (χ3v) is 7.20. The van der Waals surface area contributed by atoms with Crippen molar-refractivity contribution in [3.05, 3.63) is 41.8 Å². The third kappa shape index (κ3) is 6.73. The van der Waals surface area contributed by atoms with E-state index >= 15 is 0 Å². The van der Waals surface area contributed by atoms with Crippen LogP contribution in [0.3, 0.4) is 0 Å². The second kappa shape index (κ2) is 10.8. The number of carbonyl (C=O) groups is 1. The number of thioether (sulfide) groups is 1. The Bertz CT molecular complexity index is 929. The quantitative estimate of drug-likeness (QED) is 0.248. The molecule has 0 aliphatic rings. The number of unbranched alkanes of at least 4 members (excludes halogenated alkanes) is 1. The van der Waals surface area contributed by atoms with Crippen molar-refractivity contribution in [2.45, 2.75) is 42.9 Å². The van der Waals surface area contributed by atoms with Crippen molar-refractivity contribution in [3.63, 3.8) is 0 Å². The number of nitrogens with one attached hydrogen (secondary N) is 1. The van der Waals surface area contributed by atoms with Crippen molar-refractivity contribution in [2.24, 2.45) is 0 Å². The van der Waals surface area contributed by atoms with Crippen LogP contribution in [-0.4, -0.2) is 53.5 Å². The largest absolute Gasteiger partial charge is 0.494 e. The fourth-order valence-corrected chi connectivity index (χ4v) is 5.29. The number of aliphatic hydroxyl groups is 1. The molecule has 0 aliphatic carbocycles. The summed E-state index contributed by atoms with van der Waals surface area (Å²) in [7, 11) is -4.03. The summed E-state index contributed by atoms with van der Waals surface area (Å²) in [5, 5.41) is 23.5. The zero-order chi connectivity index (χ0) is 22.2. The summed E-state index contributed by atoms with van der Waals surface area (Å²) in [6.45, 7) is 4.29. The number of sulfone groups is 1. The second-order valence-electron chi connectivity index (χ2n) is 6.83. The van der Waals surface area contributed by atoms with Gasteiger partial charge in [0.05, 0.1) is 22.9 Å². The summed E-state index contributed by atoms with van der Waals surface area (Å²) in [6, 6.07) is 7.46. The van der Waals surface area contributed by atoms with Crippen LogP contribution in [0.25, 0.3) is 0 Å². The summed E-state index contributed by atoms with van der Waals surface area (Å²) in [6.07, 6.45) is 1.86. The lowest BCUT2D eigenvalue weighted by molar-refractivity contribution is -0.144. The molecule has 1 amide bonds. The summed E-state index contributed by atoms with van der Waals surface area (Å²) in [5.74, 6) is -0.935. The Labute approximate surface area is 179 Å².